The molecule has 1 fully saturated rings. The number of thioether (sulfide) groups is 1. The van der Waals surface area contributed by atoms with Gasteiger partial charge in [0.1, 0.15) is 0 Å². The smallest absolute Gasteiger partial charge is 0.264 e. The molecule has 3 rings (SSSR count). The maximum Gasteiger partial charge on any atom is 0.264 e. The molecule has 1 saturated heterocycles. The normalized spacial score (nSPS) is 18.5. The predicted octanol–water partition coefficient (Wildman–Crippen LogP) is 2.97. The summed E-state index contributed by atoms with van der Waals surface area (Å²) >= 11 is 1.32. The van der Waals surface area contributed by atoms with Crippen LogP contribution in [-0.2, 0) is 4.79 Å². The van der Waals surface area contributed by atoms with Crippen LogP contribution in [0.1, 0.15) is 5.69 Å². The van der Waals surface area contributed by atoms with Crippen molar-refractivity contribution < 1.29 is 4.79 Å². The molecule has 5 heteroatoms. The van der Waals surface area contributed by atoms with Crippen LogP contribution in [0.2, 0.25) is 0 Å². The van der Waals surface area contributed by atoms with Gasteiger partial charge in [0.05, 0.1) is 16.3 Å². The molecule has 0 spiro atoms. The predicted molar refractivity (Wildman–Crippen MR) is 81.5 cm³/mol. The van der Waals surface area contributed by atoms with Crippen LogP contribution in [0.4, 0.5) is 5.69 Å². The zero-order valence-corrected chi connectivity index (χ0v) is 11.3. The summed E-state index contributed by atoms with van der Waals surface area (Å²) in [6.45, 7) is 0. The topological polar surface area (TPSA) is 54.4 Å². The number of rotatable bonds is 2. The SMILES string of the molecule is O=C1NC(=Nc2ccccc2)S/C1=C\c1ccccn1. The number of carbonyl (C=O) groups is 1. The number of para-hydroxylation sites is 1. The van der Waals surface area contributed by atoms with Crippen molar-refractivity contribution in [1.29, 1.82) is 0 Å². The summed E-state index contributed by atoms with van der Waals surface area (Å²) in [6, 6.07) is 15.1. The second kappa shape index (κ2) is 5.71. The summed E-state index contributed by atoms with van der Waals surface area (Å²) in [7, 11) is 0. The first-order valence-corrected chi connectivity index (χ1v) is 6.88. The van der Waals surface area contributed by atoms with Crippen LogP contribution in [0.5, 0.6) is 0 Å². The van der Waals surface area contributed by atoms with E-state index in [9.17, 15) is 4.79 Å². The van der Waals surface area contributed by atoms with Gasteiger partial charge in [0.2, 0.25) is 0 Å². The van der Waals surface area contributed by atoms with E-state index in [1.165, 1.54) is 11.8 Å². The number of hydrogen-bond acceptors (Lipinski definition) is 4. The van der Waals surface area contributed by atoms with Crippen LogP contribution < -0.4 is 5.32 Å². The molecule has 2 aromatic rings. The fourth-order valence-electron chi connectivity index (χ4n) is 1.70. The van der Waals surface area contributed by atoms with Gasteiger partial charge < -0.3 is 5.32 Å². The van der Waals surface area contributed by atoms with Gasteiger partial charge in [-0.25, -0.2) is 4.99 Å². The van der Waals surface area contributed by atoms with Gasteiger partial charge in [-0.15, -0.1) is 0 Å². The average Bonchev–Trinajstić information content (AvgIpc) is 2.81. The summed E-state index contributed by atoms with van der Waals surface area (Å²) in [6.07, 6.45) is 3.45. The van der Waals surface area contributed by atoms with Crippen LogP contribution in [0.15, 0.2) is 64.6 Å². The number of amidine groups is 1. The van der Waals surface area contributed by atoms with E-state index >= 15 is 0 Å². The Morgan fingerprint density at radius 3 is 2.65 bits per heavy atom. The first kappa shape index (κ1) is 12.6. The minimum Gasteiger partial charge on any atom is -0.300 e. The highest BCUT2D eigenvalue weighted by molar-refractivity contribution is 8.18. The summed E-state index contributed by atoms with van der Waals surface area (Å²) in [5.74, 6) is -0.143. The Balaban J connectivity index is 1.83. The Morgan fingerprint density at radius 2 is 1.90 bits per heavy atom. The fourth-order valence-corrected chi connectivity index (χ4v) is 2.52. The molecule has 1 aromatic heterocycles. The van der Waals surface area contributed by atoms with Gasteiger partial charge >= 0.3 is 0 Å². The van der Waals surface area contributed by atoms with Crippen LogP contribution in [-0.4, -0.2) is 16.1 Å². The molecule has 0 unspecified atom stereocenters. The molecule has 20 heavy (non-hydrogen) atoms. The lowest BCUT2D eigenvalue weighted by atomic mass is 10.3. The summed E-state index contributed by atoms with van der Waals surface area (Å²) in [5, 5.41) is 3.34. The first-order valence-electron chi connectivity index (χ1n) is 6.07. The zero-order chi connectivity index (χ0) is 13.8. The maximum atomic E-state index is 11.9. The van der Waals surface area contributed by atoms with Crippen molar-refractivity contribution in [3.05, 3.63) is 65.3 Å². The van der Waals surface area contributed by atoms with E-state index in [-0.39, 0.29) is 5.91 Å². The number of carbonyl (C=O) groups excluding carboxylic acids is 1. The maximum absolute atomic E-state index is 11.9. The molecule has 1 aliphatic rings. The van der Waals surface area contributed by atoms with Crippen molar-refractivity contribution >= 4 is 34.6 Å². The molecule has 1 aliphatic heterocycles. The average molecular weight is 281 g/mol. The molecule has 4 nitrogen and oxygen atoms in total. The van der Waals surface area contributed by atoms with E-state index in [1.807, 2.05) is 48.5 Å². The third-order valence-electron chi connectivity index (χ3n) is 2.60. The molecular formula is C15H11N3OS. The Morgan fingerprint density at radius 1 is 1.10 bits per heavy atom. The lowest BCUT2D eigenvalue weighted by molar-refractivity contribution is -0.115. The molecular weight excluding hydrogens is 270 g/mol. The third kappa shape index (κ3) is 2.95. The highest BCUT2D eigenvalue weighted by atomic mass is 32.2. The highest BCUT2D eigenvalue weighted by Gasteiger charge is 2.23. The minimum atomic E-state index is -0.143. The second-order valence-electron chi connectivity index (χ2n) is 4.07. The van der Waals surface area contributed by atoms with Crippen molar-refractivity contribution in [2.75, 3.05) is 0 Å². The number of hydrogen-bond donors (Lipinski definition) is 1. The highest BCUT2D eigenvalue weighted by Crippen LogP contribution is 2.27. The van der Waals surface area contributed by atoms with Gasteiger partial charge in [0, 0.05) is 6.20 Å². The molecule has 0 bridgehead atoms. The number of amides is 1. The van der Waals surface area contributed by atoms with Gasteiger partial charge in [-0.3, -0.25) is 9.78 Å². The van der Waals surface area contributed by atoms with Crippen molar-refractivity contribution in [1.82, 2.24) is 10.3 Å². The number of benzene rings is 1. The Bertz CT molecular complexity index is 681. The number of aliphatic imine (C=N–C) groups is 1. The fraction of sp³-hybridized carbons (Fsp3) is 0. The van der Waals surface area contributed by atoms with Crippen LogP contribution >= 0.6 is 11.8 Å². The molecule has 1 aromatic carbocycles. The second-order valence-corrected chi connectivity index (χ2v) is 5.10. The van der Waals surface area contributed by atoms with Crippen LogP contribution in [0, 0.1) is 0 Å². The minimum absolute atomic E-state index is 0.143. The molecule has 2 heterocycles. The number of aromatic nitrogens is 1. The van der Waals surface area contributed by atoms with Crippen molar-refractivity contribution in [2.45, 2.75) is 0 Å². The summed E-state index contributed by atoms with van der Waals surface area (Å²) in [4.78, 5) is 21.0. The number of nitrogens with zero attached hydrogens (tertiary/aromatic N) is 2. The Hall–Kier alpha value is -2.40. The summed E-state index contributed by atoms with van der Waals surface area (Å²) < 4.78 is 0. The lowest BCUT2D eigenvalue weighted by Crippen LogP contribution is -2.19. The van der Waals surface area contributed by atoms with Gasteiger partial charge in [0.25, 0.3) is 5.91 Å². The van der Waals surface area contributed by atoms with Gasteiger partial charge in [-0.05, 0) is 42.1 Å². The molecule has 98 valence electrons. The Labute approximate surface area is 120 Å². The van der Waals surface area contributed by atoms with Crippen LogP contribution in [0.25, 0.3) is 6.08 Å². The standard InChI is InChI=1S/C15H11N3OS/c19-14-13(10-12-8-4-5-9-16-12)20-15(18-14)17-11-6-2-1-3-7-11/h1-10H,(H,17,18,19)/b13-10-. The van der Waals surface area contributed by atoms with Gasteiger partial charge in [-0.1, -0.05) is 24.3 Å². The first-order chi connectivity index (χ1) is 9.81. The molecule has 0 radical (unpaired) electrons. The van der Waals surface area contributed by atoms with E-state index in [4.69, 9.17) is 0 Å². The lowest BCUT2D eigenvalue weighted by Gasteiger charge is -1.94. The monoisotopic (exact) mass is 281 g/mol. The molecule has 0 atom stereocenters. The molecule has 0 aliphatic carbocycles. The Kier molecular flexibility index (Phi) is 3.60. The van der Waals surface area contributed by atoms with Crippen molar-refractivity contribution in [3.8, 4) is 0 Å². The number of nitrogens with one attached hydrogen (secondary N) is 1. The summed E-state index contributed by atoms with van der Waals surface area (Å²) in [5.41, 5.74) is 1.57. The van der Waals surface area contributed by atoms with E-state index < -0.39 is 0 Å². The van der Waals surface area contributed by atoms with E-state index in [0.29, 0.717) is 10.1 Å². The molecule has 1 N–H and O–H groups in total. The largest absolute Gasteiger partial charge is 0.300 e. The third-order valence-corrected chi connectivity index (χ3v) is 3.51. The zero-order valence-electron chi connectivity index (χ0n) is 10.5. The van der Waals surface area contributed by atoms with Crippen molar-refractivity contribution in [3.63, 3.8) is 0 Å². The van der Waals surface area contributed by atoms with Gasteiger partial charge in [0.15, 0.2) is 5.17 Å². The van der Waals surface area contributed by atoms with E-state index in [1.54, 1.807) is 12.3 Å². The van der Waals surface area contributed by atoms with Crippen LogP contribution in [0.3, 0.4) is 0 Å². The quantitative estimate of drug-likeness (QED) is 0.861. The molecule has 1 amide bonds. The van der Waals surface area contributed by atoms with E-state index in [0.717, 1.165) is 11.4 Å². The molecule has 0 saturated carbocycles. The van der Waals surface area contributed by atoms with Gasteiger partial charge in [-0.2, -0.15) is 0 Å². The van der Waals surface area contributed by atoms with Crippen molar-refractivity contribution in [2.24, 2.45) is 4.99 Å². The van der Waals surface area contributed by atoms with E-state index in [2.05, 4.69) is 15.3 Å². The number of pyridine rings is 1.